The van der Waals surface area contributed by atoms with Gasteiger partial charge in [0.15, 0.2) is 5.58 Å². The summed E-state index contributed by atoms with van der Waals surface area (Å²) < 4.78 is 20.5. The minimum atomic E-state index is -0.263. The van der Waals surface area contributed by atoms with E-state index in [1.807, 2.05) is 30.3 Å². The lowest BCUT2D eigenvalue weighted by Crippen LogP contribution is -2.11. The van der Waals surface area contributed by atoms with Crippen molar-refractivity contribution in [2.24, 2.45) is 0 Å². The summed E-state index contributed by atoms with van der Waals surface area (Å²) in [5.74, 6) is -0.263. The van der Waals surface area contributed by atoms with E-state index in [2.05, 4.69) is 83.8 Å². The predicted octanol–water partition coefficient (Wildman–Crippen LogP) is 10.1. The van der Waals surface area contributed by atoms with Gasteiger partial charge in [0, 0.05) is 21.8 Å². The Hall–Kier alpha value is -4.89. The highest BCUT2D eigenvalue weighted by molar-refractivity contribution is 6.26. The third kappa shape index (κ3) is 2.91. The van der Waals surface area contributed by atoms with Crippen LogP contribution in [-0.2, 0) is 0 Å². The van der Waals surface area contributed by atoms with Crippen molar-refractivity contribution < 1.29 is 8.81 Å². The van der Waals surface area contributed by atoms with Crippen molar-refractivity contribution in [1.82, 2.24) is 0 Å². The molecule has 0 saturated carbocycles. The van der Waals surface area contributed by atoms with Crippen LogP contribution in [0.1, 0.15) is 0 Å². The van der Waals surface area contributed by atoms with Crippen molar-refractivity contribution >= 4 is 71.3 Å². The van der Waals surface area contributed by atoms with Crippen LogP contribution in [0.15, 0.2) is 126 Å². The van der Waals surface area contributed by atoms with Crippen LogP contribution in [0.5, 0.6) is 0 Å². The van der Waals surface area contributed by atoms with Crippen LogP contribution in [0.4, 0.5) is 21.5 Å². The molecule has 3 heteroatoms. The molecule has 1 aromatic heterocycles. The Balaban J connectivity index is 1.50. The largest absolute Gasteiger partial charge is 0.454 e. The lowest BCUT2D eigenvalue weighted by atomic mass is 9.93. The first-order valence-electron chi connectivity index (χ1n) is 12.4. The molecule has 8 aromatic rings. The third-order valence-electron chi connectivity index (χ3n) is 7.46. The van der Waals surface area contributed by atoms with Gasteiger partial charge in [-0.05, 0) is 69.4 Å². The zero-order valence-electron chi connectivity index (χ0n) is 19.8. The summed E-state index contributed by atoms with van der Waals surface area (Å²) in [5, 5.41) is 9.41. The van der Waals surface area contributed by atoms with E-state index in [0.717, 1.165) is 44.4 Å². The Morgan fingerprint density at radius 3 is 2.00 bits per heavy atom. The molecule has 0 N–H and O–H groups in total. The molecule has 0 spiro atoms. The summed E-state index contributed by atoms with van der Waals surface area (Å²) in [6, 6.07) is 40.6. The Bertz CT molecular complexity index is 2090. The van der Waals surface area contributed by atoms with Gasteiger partial charge in [0.1, 0.15) is 11.4 Å². The van der Waals surface area contributed by atoms with Crippen LogP contribution in [0.25, 0.3) is 54.3 Å². The van der Waals surface area contributed by atoms with Crippen LogP contribution >= 0.6 is 0 Å². The molecule has 1 heterocycles. The minimum absolute atomic E-state index is 0.263. The molecule has 0 aliphatic carbocycles. The second-order valence-corrected chi connectivity index (χ2v) is 9.50. The topological polar surface area (TPSA) is 16.4 Å². The number of nitrogens with zero attached hydrogens (tertiary/aromatic N) is 1. The van der Waals surface area contributed by atoms with Gasteiger partial charge in [-0.15, -0.1) is 0 Å². The number of fused-ring (bicyclic) bond motifs is 3. The molecule has 0 radical (unpaired) electrons. The monoisotopic (exact) mass is 477 g/mol. The van der Waals surface area contributed by atoms with E-state index in [-0.39, 0.29) is 5.82 Å². The van der Waals surface area contributed by atoms with Crippen molar-refractivity contribution in [2.75, 3.05) is 4.90 Å². The number of rotatable bonds is 3. The van der Waals surface area contributed by atoms with Crippen LogP contribution in [-0.4, -0.2) is 0 Å². The quantitative estimate of drug-likeness (QED) is 0.235. The average molecular weight is 478 g/mol. The van der Waals surface area contributed by atoms with Gasteiger partial charge in [-0.25, -0.2) is 4.39 Å². The molecule has 0 unspecified atom stereocenters. The summed E-state index contributed by atoms with van der Waals surface area (Å²) in [5.41, 5.74) is 4.45. The Labute approximate surface area is 212 Å². The Kier molecular flexibility index (Phi) is 4.15. The normalized spacial score (nSPS) is 11.9. The van der Waals surface area contributed by atoms with Gasteiger partial charge in [-0.3, -0.25) is 0 Å². The van der Waals surface area contributed by atoms with Crippen molar-refractivity contribution in [3.05, 3.63) is 127 Å². The van der Waals surface area contributed by atoms with Crippen LogP contribution in [0.2, 0.25) is 0 Å². The maximum atomic E-state index is 14.0. The lowest BCUT2D eigenvalue weighted by Gasteiger charge is -2.27. The number of anilines is 3. The molecule has 0 aliphatic rings. The average Bonchev–Trinajstić information content (AvgIpc) is 3.33. The fraction of sp³-hybridized carbons (Fsp3) is 0. The van der Waals surface area contributed by atoms with Gasteiger partial charge in [0.2, 0.25) is 0 Å². The number of para-hydroxylation sites is 2. The number of halogens is 1. The molecule has 0 saturated heterocycles. The lowest BCUT2D eigenvalue weighted by molar-refractivity contribution is 0.628. The molecule has 8 rings (SSSR count). The summed E-state index contributed by atoms with van der Waals surface area (Å²) >= 11 is 0. The van der Waals surface area contributed by atoms with Crippen molar-refractivity contribution in [1.29, 1.82) is 0 Å². The fourth-order valence-electron chi connectivity index (χ4n) is 5.82. The van der Waals surface area contributed by atoms with Crippen molar-refractivity contribution in [3.63, 3.8) is 0 Å². The Morgan fingerprint density at radius 2 is 1.16 bits per heavy atom. The molecule has 0 fully saturated rings. The molecular formula is C34H20FNO. The zero-order valence-corrected chi connectivity index (χ0v) is 19.8. The summed E-state index contributed by atoms with van der Waals surface area (Å²) in [7, 11) is 0. The van der Waals surface area contributed by atoms with Gasteiger partial charge in [-0.1, -0.05) is 78.9 Å². The number of benzene rings is 7. The van der Waals surface area contributed by atoms with E-state index in [9.17, 15) is 4.39 Å². The van der Waals surface area contributed by atoms with Crippen molar-refractivity contribution in [3.8, 4) is 0 Å². The van der Waals surface area contributed by atoms with Gasteiger partial charge in [0.25, 0.3) is 0 Å². The first-order valence-corrected chi connectivity index (χ1v) is 12.4. The fourth-order valence-corrected chi connectivity index (χ4v) is 5.82. The summed E-state index contributed by atoms with van der Waals surface area (Å²) in [4.78, 5) is 2.19. The van der Waals surface area contributed by atoms with Crippen LogP contribution in [0.3, 0.4) is 0 Å². The second-order valence-electron chi connectivity index (χ2n) is 9.50. The molecule has 174 valence electrons. The van der Waals surface area contributed by atoms with E-state index in [0.29, 0.717) is 0 Å². The van der Waals surface area contributed by atoms with E-state index in [4.69, 9.17) is 4.42 Å². The summed E-state index contributed by atoms with van der Waals surface area (Å²) in [6.45, 7) is 0. The van der Waals surface area contributed by atoms with Gasteiger partial charge in [0.05, 0.1) is 11.4 Å². The number of furan rings is 1. The predicted molar refractivity (Wildman–Crippen MR) is 152 cm³/mol. The highest BCUT2D eigenvalue weighted by Gasteiger charge is 2.22. The molecule has 37 heavy (non-hydrogen) atoms. The van der Waals surface area contributed by atoms with E-state index < -0.39 is 0 Å². The van der Waals surface area contributed by atoms with Crippen LogP contribution < -0.4 is 4.90 Å². The molecule has 0 amide bonds. The highest BCUT2D eigenvalue weighted by Crippen LogP contribution is 2.46. The van der Waals surface area contributed by atoms with E-state index in [1.54, 1.807) is 0 Å². The molecular weight excluding hydrogens is 457 g/mol. The first-order chi connectivity index (χ1) is 18.3. The highest BCUT2D eigenvalue weighted by atomic mass is 19.1. The first kappa shape index (κ1) is 20.3. The SMILES string of the molecule is Fc1ccc(N(c2ccc3ccc4cccc5ccc2c3c45)c2cccc3c2oc2ccccc23)cc1. The molecule has 2 nitrogen and oxygen atoms in total. The second kappa shape index (κ2) is 7.55. The van der Waals surface area contributed by atoms with Crippen LogP contribution in [0, 0.1) is 5.82 Å². The summed E-state index contributed by atoms with van der Waals surface area (Å²) in [6.07, 6.45) is 0. The third-order valence-corrected chi connectivity index (χ3v) is 7.46. The number of hydrogen-bond donors (Lipinski definition) is 0. The van der Waals surface area contributed by atoms with Gasteiger partial charge >= 0.3 is 0 Å². The molecule has 0 bridgehead atoms. The van der Waals surface area contributed by atoms with Gasteiger partial charge < -0.3 is 9.32 Å². The molecule has 7 aromatic carbocycles. The molecule has 0 aliphatic heterocycles. The smallest absolute Gasteiger partial charge is 0.159 e. The zero-order chi connectivity index (χ0) is 24.5. The molecule has 0 atom stereocenters. The minimum Gasteiger partial charge on any atom is -0.454 e. The van der Waals surface area contributed by atoms with E-state index in [1.165, 1.54) is 39.1 Å². The standard InChI is InChI=1S/C34H20FNO/c35-24-15-17-25(18-16-24)36(30-9-4-8-27-26-7-1-2-10-31(26)37-34(27)30)29-20-14-23-12-11-21-5-3-6-22-13-19-28(29)33(23)32(21)22/h1-20H. The van der Waals surface area contributed by atoms with Crippen molar-refractivity contribution in [2.45, 2.75) is 0 Å². The van der Waals surface area contributed by atoms with E-state index >= 15 is 0 Å². The van der Waals surface area contributed by atoms with Gasteiger partial charge in [-0.2, -0.15) is 0 Å². The Morgan fingerprint density at radius 1 is 0.486 bits per heavy atom. The maximum absolute atomic E-state index is 14.0. The maximum Gasteiger partial charge on any atom is 0.159 e. The number of hydrogen-bond acceptors (Lipinski definition) is 2.